The van der Waals surface area contributed by atoms with Crippen molar-refractivity contribution in [1.29, 1.82) is 0 Å². The van der Waals surface area contributed by atoms with Gasteiger partial charge < -0.3 is 15.2 Å². The molecule has 0 unspecified atom stereocenters. The minimum Gasteiger partial charge on any atom is -0.355 e. The van der Waals surface area contributed by atoms with Crippen molar-refractivity contribution in [3.63, 3.8) is 0 Å². The zero-order valence-electron chi connectivity index (χ0n) is 18.2. The topological polar surface area (TPSA) is 70.4 Å². The Balaban J connectivity index is 1.63. The predicted octanol–water partition coefficient (Wildman–Crippen LogP) is 2.75. The van der Waals surface area contributed by atoms with Crippen molar-refractivity contribution in [3.8, 4) is 0 Å². The van der Waals surface area contributed by atoms with Crippen LogP contribution in [0.2, 0.25) is 0 Å². The number of nitrogens with zero attached hydrogens (tertiary/aromatic N) is 5. The van der Waals surface area contributed by atoms with Gasteiger partial charge in [0, 0.05) is 31.6 Å². The fourth-order valence-corrected chi connectivity index (χ4v) is 4.76. The van der Waals surface area contributed by atoms with E-state index in [1.165, 1.54) is 64.5 Å². The Bertz CT molecular complexity index is 639. The number of likely N-dealkylation sites (tertiary alicyclic amines) is 1. The van der Waals surface area contributed by atoms with E-state index in [4.69, 9.17) is 4.99 Å². The fraction of sp³-hybridized carbons (Fsp3) is 0.773. The van der Waals surface area contributed by atoms with Gasteiger partial charge in [-0.05, 0) is 38.8 Å². The first kappa shape index (κ1) is 21.8. The highest BCUT2D eigenvalue weighted by Gasteiger charge is 2.38. The summed E-state index contributed by atoms with van der Waals surface area (Å²) in [6.07, 6.45) is 15.3. The van der Waals surface area contributed by atoms with Gasteiger partial charge in [0.25, 0.3) is 0 Å². The van der Waals surface area contributed by atoms with Gasteiger partial charge in [0.2, 0.25) is 0 Å². The summed E-state index contributed by atoms with van der Waals surface area (Å²) in [5.74, 6) is 1.91. The van der Waals surface area contributed by atoms with E-state index in [1.807, 2.05) is 12.4 Å². The molecular weight excluding hydrogens is 362 g/mol. The van der Waals surface area contributed by atoms with Gasteiger partial charge in [0.15, 0.2) is 5.96 Å². The van der Waals surface area contributed by atoms with E-state index in [9.17, 15) is 0 Å². The Morgan fingerprint density at radius 3 is 2.66 bits per heavy atom. The molecule has 1 saturated carbocycles. The van der Waals surface area contributed by atoms with Crippen LogP contribution in [0.1, 0.15) is 64.1 Å². The summed E-state index contributed by atoms with van der Waals surface area (Å²) in [5, 5.41) is 15.1. The molecule has 1 aromatic heterocycles. The van der Waals surface area contributed by atoms with Gasteiger partial charge in [-0.3, -0.25) is 9.89 Å². The first-order chi connectivity index (χ1) is 14.3. The third-order valence-electron chi connectivity index (χ3n) is 6.41. The summed E-state index contributed by atoms with van der Waals surface area (Å²) in [5.41, 5.74) is 0.255. The highest BCUT2D eigenvalue weighted by atomic mass is 15.3. The second-order valence-electron chi connectivity index (χ2n) is 8.39. The molecule has 2 aliphatic rings. The number of aryl methyl sites for hydroxylation is 1. The molecule has 1 aliphatic carbocycles. The summed E-state index contributed by atoms with van der Waals surface area (Å²) >= 11 is 0. The van der Waals surface area contributed by atoms with Crippen LogP contribution >= 0.6 is 0 Å². The average molecular weight is 402 g/mol. The lowest BCUT2D eigenvalue weighted by molar-refractivity contribution is 0.0407. The minimum absolute atomic E-state index is 0.255. The maximum atomic E-state index is 5.06. The molecule has 0 aromatic carbocycles. The first-order valence-corrected chi connectivity index (χ1v) is 11.5. The molecule has 0 amide bonds. The van der Waals surface area contributed by atoms with Crippen LogP contribution < -0.4 is 10.6 Å². The van der Waals surface area contributed by atoms with Crippen molar-refractivity contribution in [3.05, 3.63) is 24.8 Å². The number of nitrogens with one attached hydrogen (secondary N) is 2. The molecule has 0 radical (unpaired) electrons. The van der Waals surface area contributed by atoms with Crippen molar-refractivity contribution in [1.82, 2.24) is 30.3 Å². The quantitative estimate of drug-likeness (QED) is 0.378. The van der Waals surface area contributed by atoms with E-state index < -0.39 is 0 Å². The molecule has 2 N–H and O–H groups in total. The van der Waals surface area contributed by atoms with Crippen LogP contribution in [0.4, 0.5) is 0 Å². The van der Waals surface area contributed by atoms with E-state index >= 15 is 0 Å². The largest absolute Gasteiger partial charge is 0.355 e. The molecule has 0 bridgehead atoms. The van der Waals surface area contributed by atoms with Gasteiger partial charge in [0.1, 0.15) is 12.2 Å². The van der Waals surface area contributed by atoms with Crippen molar-refractivity contribution in [2.24, 2.45) is 4.99 Å². The van der Waals surface area contributed by atoms with Gasteiger partial charge in [0.05, 0.1) is 6.54 Å². The second kappa shape index (κ2) is 11.3. The SMILES string of the molecule is C=CCNC(=NCC1(N2CCCCC2)CCCCC1)NCCn1cnnc1CC. The summed E-state index contributed by atoms with van der Waals surface area (Å²) in [7, 11) is 0. The molecule has 29 heavy (non-hydrogen) atoms. The summed E-state index contributed by atoms with van der Waals surface area (Å²) < 4.78 is 2.11. The van der Waals surface area contributed by atoms with Gasteiger partial charge in [-0.15, -0.1) is 16.8 Å². The van der Waals surface area contributed by atoms with Gasteiger partial charge >= 0.3 is 0 Å². The number of piperidine rings is 1. The lowest BCUT2D eigenvalue weighted by atomic mass is 9.79. The standard InChI is InChI=1S/C22H39N7/c1-3-13-23-21(24-14-17-28-19-26-27-20(28)4-2)25-18-22(11-7-5-8-12-22)29-15-9-6-10-16-29/h3,19H,1,4-18H2,2H3,(H2,23,24,25). The fourth-order valence-electron chi connectivity index (χ4n) is 4.76. The van der Waals surface area contributed by atoms with Crippen LogP contribution in [-0.2, 0) is 13.0 Å². The predicted molar refractivity (Wildman–Crippen MR) is 119 cm³/mol. The van der Waals surface area contributed by atoms with Gasteiger partial charge in [-0.1, -0.05) is 38.7 Å². The van der Waals surface area contributed by atoms with Crippen molar-refractivity contribution in [2.45, 2.75) is 76.8 Å². The first-order valence-electron chi connectivity index (χ1n) is 11.5. The second-order valence-corrected chi connectivity index (χ2v) is 8.39. The third kappa shape index (κ3) is 6.04. The van der Waals surface area contributed by atoms with Crippen LogP contribution in [0.3, 0.4) is 0 Å². The molecule has 1 aromatic rings. The molecule has 3 rings (SSSR count). The molecular formula is C22H39N7. The molecule has 162 valence electrons. The summed E-state index contributed by atoms with van der Waals surface area (Å²) in [4.78, 5) is 7.82. The van der Waals surface area contributed by atoms with Crippen molar-refractivity contribution >= 4 is 5.96 Å². The molecule has 2 fully saturated rings. The Morgan fingerprint density at radius 2 is 1.93 bits per heavy atom. The van der Waals surface area contributed by atoms with E-state index in [1.54, 1.807) is 0 Å². The monoisotopic (exact) mass is 401 g/mol. The van der Waals surface area contributed by atoms with Crippen LogP contribution in [-0.4, -0.2) is 63.9 Å². The molecule has 7 nitrogen and oxygen atoms in total. The van der Waals surface area contributed by atoms with Crippen LogP contribution in [0.15, 0.2) is 24.0 Å². The number of aliphatic imine (C=N–C) groups is 1. The third-order valence-corrected chi connectivity index (χ3v) is 6.41. The lowest BCUT2D eigenvalue weighted by Crippen LogP contribution is -2.54. The number of aromatic nitrogens is 3. The molecule has 0 spiro atoms. The maximum absolute atomic E-state index is 5.06. The van der Waals surface area contributed by atoms with Crippen molar-refractivity contribution < 1.29 is 0 Å². The van der Waals surface area contributed by atoms with Gasteiger partial charge in [-0.25, -0.2) is 0 Å². The van der Waals surface area contributed by atoms with Crippen LogP contribution in [0.25, 0.3) is 0 Å². The number of hydrogen-bond donors (Lipinski definition) is 2. The zero-order valence-corrected chi connectivity index (χ0v) is 18.2. The zero-order chi connectivity index (χ0) is 20.4. The Hall–Kier alpha value is -1.89. The Kier molecular flexibility index (Phi) is 8.52. The molecule has 0 atom stereocenters. The Labute approximate surface area is 176 Å². The highest BCUT2D eigenvalue weighted by molar-refractivity contribution is 5.79. The van der Waals surface area contributed by atoms with Crippen LogP contribution in [0.5, 0.6) is 0 Å². The Morgan fingerprint density at radius 1 is 1.17 bits per heavy atom. The summed E-state index contributed by atoms with van der Waals surface area (Å²) in [6, 6.07) is 0. The van der Waals surface area contributed by atoms with E-state index in [-0.39, 0.29) is 5.54 Å². The maximum Gasteiger partial charge on any atom is 0.191 e. The normalized spacial score (nSPS) is 20.4. The van der Waals surface area contributed by atoms with E-state index in [0.29, 0.717) is 0 Å². The minimum atomic E-state index is 0.255. The molecule has 1 saturated heterocycles. The average Bonchev–Trinajstić information content (AvgIpc) is 3.24. The van der Waals surface area contributed by atoms with Crippen LogP contribution in [0, 0.1) is 0 Å². The summed E-state index contributed by atoms with van der Waals surface area (Å²) in [6.45, 7) is 11.7. The van der Waals surface area contributed by atoms with Gasteiger partial charge in [-0.2, -0.15) is 0 Å². The number of guanidine groups is 1. The van der Waals surface area contributed by atoms with E-state index in [2.05, 4.69) is 43.8 Å². The molecule has 2 heterocycles. The number of rotatable bonds is 9. The van der Waals surface area contributed by atoms with Crippen molar-refractivity contribution in [2.75, 3.05) is 32.7 Å². The smallest absolute Gasteiger partial charge is 0.191 e. The molecule has 1 aliphatic heterocycles. The lowest BCUT2D eigenvalue weighted by Gasteiger charge is -2.47. The molecule has 7 heteroatoms. The number of hydrogen-bond acceptors (Lipinski definition) is 4. The van der Waals surface area contributed by atoms with E-state index in [0.717, 1.165) is 44.4 Å². The highest BCUT2D eigenvalue weighted by Crippen LogP contribution is 2.35.